The molecular formula is C37H30F3N3O3. The average molecular weight is 622 g/mol. The fraction of sp³-hybridized carbons (Fsp3) is 0.108. The third kappa shape index (κ3) is 7.32. The Labute approximate surface area is 264 Å². The Hall–Kier alpha value is -5.70. The molecule has 0 saturated heterocycles. The minimum Gasteiger partial charge on any atom is -0.348 e. The Kier molecular flexibility index (Phi) is 9.32. The molecule has 0 aliphatic carbocycles. The molecule has 0 saturated carbocycles. The molecule has 5 aromatic carbocycles. The number of hydrogen-bond donors (Lipinski definition) is 2. The summed E-state index contributed by atoms with van der Waals surface area (Å²) in [5.74, 6) is -0.900. The highest BCUT2D eigenvalue weighted by atomic mass is 19.4. The Balaban J connectivity index is 1.24. The highest BCUT2D eigenvalue weighted by Gasteiger charge is 2.30. The van der Waals surface area contributed by atoms with Crippen molar-refractivity contribution in [3.8, 4) is 22.3 Å². The molecule has 0 aromatic heterocycles. The van der Waals surface area contributed by atoms with Crippen LogP contribution in [0.1, 0.15) is 42.2 Å². The van der Waals surface area contributed by atoms with Gasteiger partial charge in [0.2, 0.25) is 0 Å². The second kappa shape index (κ2) is 13.5. The van der Waals surface area contributed by atoms with Gasteiger partial charge in [0.15, 0.2) is 0 Å². The molecule has 232 valence electrons. The van der Waals surface area contributed by atoms with Crippen LogP contribution in [0.15, 0.2) is 121 Å². The number of anilines is 1. The quantitative estimate of drug-likeness (QED) is 0.185. The molecule has 5 rings (SSSR count). The summed E-state index contributed by atoms with van der Waals surface area (Å²) in [5.41, 5.74) is 4.31. The van der Waals surface area contributed by atoms with E-state index in [2.05, 4.69) is 10.6 Å². The zero-order valence-electron chi connectivity index (χ0n) is 25.1. The maximum absolute atomic E-state index is 13.2. The minimum atomic E-state index is -4.46. The van der Waals surface area contributed by atoms with E-state index in [1.165, 1.54) is 17.0 Å². The number of nitrogens with one attached hydrogen (secondary N) is 2. The zero-order chi connectivity index (χ0) is 32.8. The van der Waals surface area contributed by atoms with E-state index >= 15 is 0 Å². The second-order valence-corrected chi connectivity index (χ2v) is 10.8. The predicted octanol–water partition coefficient (Wildman–Crippen LogP) is 7.92. The van der Waals surface area contributed by atoms with E-state index in [9.17, 15) is 27.6 Å². The molecule has 0 aliphatic heterocycles. The van der Waals surface area contributed by atoms with Crippen LogP contribution in [0.25, 0.3) is 22.3 Å². The summed E-state index contributed by atoms with van der Waals surface area (Å²) in [5, 5.41) is 5.67. The van der Waals surface area contributed by atoms with E-state index in [-0.39, 0.29) is 23.9 Å². The van der Waals surface area contributed by atoms with E-state index < -0.39 is 17.6 Å². The summed E-state index contributed by atoms with van der Waals surface area (Å²) in [6, 6.07) is 32.7. The standard InChI is InChI=1S/C37H30F3N3O3/c1-43(2)36(46)33-13-6-4-11-31(33)25-16-14-24(15-17-25)23-41-34(44)27-8-7-9-29(22-27)42-35(45)32-12-5-3-10-30(32)26-18-20-28(21-19-26)37(38,39)40/h3-22H,23H2,1-2H3,(H,41,44)(H,42,45). The Bertz CT molecular complexity index is 1880. The largest absolute Gasteiger partial charge is 0.416 e. The molecule has 0 fully saturated rings. The van der Waals surface area contributed by atoms with E-state index in [0.29, 0.717) is 27.9 Å². The van der Waals surface area contributed by atoms with Crippen molar-refractivity contribution in [3.05, 3.63) is 149 Å². The van der Waals surface area contributed by atoms with E-state index in [1.54, 1.807) is 68.7 Å². The first-order valence-electron chi connectivity index (χ1n) is 14.4. The lowest BCUT2D eigenvalue weighted by Crippen LogP contribution is -2.23. The average Bonchev–Trinajstić information content (AvgIpc) is 3.07. The van der Waals surface area contributed by atoms with Crippen molar-refractivity contribution in [1.82, 2.24) is 10.2 Å². The lowest BCUT2D eigenvalue weighted by atomic mass is 9.98. The molecule has 9 heteroatoms. The summed E-state index contributed by atoms with van der Waals surface area (Å²) >= 11 is 0. The summed E-state index contributed by atoms with van der Waals surface area (Å²) in [7, 11) is 3.42. The minimum absolute atomic E-state index is 0.0891. The van der Waals surface area contributed by atoms with Crippen molar-refractivity contribution in [3.63, 3.8) is 0 Å². The van der Waals surface area contributed by atoms with Gasteiger partial charge < -0.3 is 15.5 Å². The summed E-state index contributed by atoms with van der Waals surface area (Å²) < 4.78 is 39.1. The van der Waals surface area contributed by atoms with Crippen molar-refractivity contribution in [2.75, 3.05) is 19.4 Å². The number of alkyl halides is 3. The Morgan fingerprint density at radius 3 is 1.83 bits per heavy atom. The number of nitrogens with zero attached hydrogens (tertiary/aromatic N) is 1. The Morgan fingerprint density at radius 1 is 0.652 bits per heavy atom. The highest BCUT2D eigenvalue weighted by Crippen LogP contribution is 2.32. The first-order valence-corrected chi connectivity index (χ1v) is 14.4. The number of halogens is 3. The van der Waals surface area contributed by atoms with Crippen LogP contribution < -0.4 is 10.6 Å². The van der Waals surface area contributed by atoms with E-state index in [0.717, 1.165) is 28.8 Å². The van der Waals surface area contributed by atoms with Gasteiger partial charge in [0.1, 0.15) is 0 Å². The molecule has 0 radical (unpaired) electrons. The number of amides is 3. The number of carbonyl (C=O) groups is 3. The van der Waals surface area contributed by atoms with Gasteiger partial charge in [-0.3, -0.25) is 14.4 Å². The second-order valence-electron chi connectivity index (χ2n) is 10.8. The number of carbonyl (C=O) groups excluding carboxylic acids is 3. The summed E-state index contributed by atoms with van der Waals surface area (Å²) in [6.07, 6.45) is -4.46. The van der Waals surface area contributed by atoms with Crippen molar-refractivity contribution in [2.45, 2.75) is 12.7 Å². The molecule has 3 amide bonds. The highest BCUT2D eigenvalue weighted by molar-refractivity contribution is 6.09. The van der Waals surface area contributed by atoms with Gasteiger partial charge in [-0.05, 0) is 70.3 Å². The van der Waals surface area contributed by atoms with Crippen LogP contribution in [0.3, 0.4) is 0 Å². The first-order chi connectivity index (χ1) is 22.0. The maximum atomic E-state index is 13.2. The first kappa shape index (κ1) is 31.7. The number of benzene rings is 5. The molecule has 0 bridgehead atoms. The van der Waals surface area contributed by atoms with Gasteiger partial charge in [-0.25, -0.2) is 0 Å². The normalized spacial score (nSPS) is 11.1. The van der Waals surface area contributed by atoms with Gasteiger partial charge >= 0.3 is 6.18 Å². The summed E-state index contributed by atoms with van der Waals surface area (Å²) in [4.78, 5) is 40.4. The fourth-order valence-electron chi connectivity index (χ4n) is 4.96. The molecule has 0 aliphatic rings. The van der Waals surface area contributed by atoms with Gasteiger partial charge in [0, 0.05) is 43.0 Å². The third-order valence-corrected chi connectivity index (χ3v) is 7.36. The van der Waals surface area contributed by atoms with E-state index in [1.807, 2.05) is 42.5 Å². The smallest absolute Gasteiger partial charge is 0.348 e. The molecule has 0 unspecified atom stereocenters. The van der Waals surface area contributed by atoms with E-state index in [4.69, 9.17) is 0 Å². The number of hydrogen-bond acceptors (Lipinski definition) is 3. The fourth-order valence-corrected chi connectivity index (χ4v) is 4.96. The van der Waals surface area contributed by atoms with Crippen LogP contribution in [0.4, 0.5) is 18.9 Å². The van der Waals surface area contributed by atoms with Crippen molar-refractivity contribution >= 4 is 23.4 Å². The Morgan fingerprint density at radius 2 is 1.22 bits per heavy atom. The monoisotopic (exact) mass is 621 g/mol. The topological polar surface area (TPSA) is 78.5 Å². The lowest BCUT2D eigenvalue weighted by molar-refractivity contribution is -0.137. The van der Waals surface area contributed by atoms with Gasteiger partial charge in [-0.1, -0.05) is 78.9 Å². The third-order valence-electron chi connectivity index (χ3n) is 7.36. The van der Waals surface area contributed by atoms with Crippen molar-refractivity contribution < 1.29 is 27.6 Å². The lowest BCUT2D eigenvalue weighted by Gasteiger charge is -2.14. The van der Waals surface area contributed by atoms with Crippen molar-refractivity contribution in [1.29, 1.82) is 0 Å². The predicted molar refractivity (Wildman–Crippen MR) is 172 cm³/mol. The molecule has 0 atom stereocenters. The molecular weight excluding hydrogens is 591 g/mol. The van der Waals surface area contributed by atoms with Crippen LogP contribution >= 0.6 is 0 Å². The van der Waals surface area contributed by atoms with Gasteiger partial charge in [0.25, 0.3) is 17.7 Å². The molecule has 5 aromatic rings. The van der Waals surface area contributed by atoms with Crippen LogP contribution in [0, 0.1) is 0 Å². The zero-order valence-corrected chi connectivity index (χ0v) is 25.1. The van der Waals surface area contributed by atoms with Crippen LogP contribution in [0.5, 0.6) is 0 Å². The van der Waals surface area contributed by atoms with Gasteiger partial charge in [-0.15, -0.1) is 0 Å². The van der Waals surface area contributed by atoms with Crippen LogP contribution in [0.2, 0.25) is 0 Å². The number of rotatable bonds is 8. The maximum Gasteiger partial charge on any atom is 0.416 e. The van der Waals surface area contributed by atoms with Gasteiger partial charge in [0.05, 0.1) is 5.56 Å². The molecule has 0 heterocycles. The van der Waals surface area contributed by atoms with Crippen molar-refractivity contribution in [2.24, 2.45) is 0 Å². The van der Waals surface area contributed by atoms with Crippen LogP contribution in [-0.4, -0.2) is 36.7 Å². The molecule has 6 nitrogen and oxygen atoms in total. The van der Waals surface area contributed by atoms with Gasteiger partial charge in [-0.2, -0.15) is 13.2 Å². The van der Waals surface area contributed by atoms with Crippen LogP contribution in [-0.2, 0) is 12.7 Å². The molecule has 2 N–H and O–H groups in total. The molecule has 0 spiro atoms. The summed E-state index contributed by atoms with van der Waals surface area (Å²) in [6.45, 7) is 0.258. The SMILES string of the molecule is CN(C)C(=O)c1ccccc1-c1ccc(CNC(=O)c2cccc(NC(=O)c3ccccc3-c3ccc(C(F)(F)F)cc3)c2)cc1. The molecule has 46 heavy (non-hydrogen) atoms.